The first-order chi connectivity index (χ1) is 7.34. The fourth-order valence-electron chi connectivity index (χ4n) is 1.23. The molecule has 2 N–H and O–H groups in total. The largest absolute Gasteiger partial charge is 0.508 e. The quantitative estimate of drug-likeness (QED) is 0.842. The van der Waals surface area contributed by atoms with Gasteiger partial charge >= 0.3 is 6.18 Å². The van der Waals surface area contributed by atoms with Gasteiger partial charge in [0.05, 0.1) is 7.11 Å². The van der Waals surface area contributed by atoms with Gasteiger partial charge in [0, 0.05) is 12.5 Å². The van der Waals surface area contributed by atoms with Crippen molar-refractivity contribution in [2.45, 2.75) is 18.7 Å². The lowest BCUT2D eigenvalue weighted by atomic mass is 10.1. The minimum absolute atomic E-state index is 0.109. The Morgan fingerprint density at radius 1 is 1.38 bits per heavy atom. The molecule has 0 spiro atoms. The van der Waals surface area contributed by atoms with Gasteiger partial charge in [-0.1, -0.05) is 6.07 Å². The number of aliphatic hydroxyl groups is 1. The molecule has 1 rings (SSSR count). The molecule has 0 radical (unpaired) electrons. The van der Waals surface area contributed by atoms with Crippen molar-refractivity contribution in [3.63, 3.8) is 0 Å². The molecule has 6 heteroatoms. The minimum atomic E-state index is -4.66. The van der Waals surface area contributed by atoms with E-state index in [0.717, 1.165) is 0 Å². The number of hydrogen-bond donors (Lipinski definition) is 2. The zero-order valence-electron chi connectivity index (χ0n) is 8.45. The van der Waals surface area contributed by atoms with Crippen molar-refractivity contribution >= 4 is 0 Å². The lowest BCUT2D eigenvalue weighted by molar-refractivity contribution is -0.203. The fourth-order valence-corrected chi connectivity index (χ4v) is 1.23. The Kier molecular flexibility index (Phi) is 3.64. The molecule has 16 heavy (non-hydrogen) atoms. The molecule has 0 amide bonds. The Hall–Kier alpha value is -1.43. The number of aromatic hydroxyl groups is 1. The molecule has 3 nitrogen and oxygen atoms in total. The summed E-state index contributed by atoms with van der Waals surface area (Å²) >= 11 is 0. The summed E-state index contributed by atoms with van der Waals surface area (Å²) in [7, 11) is 1.28. The highest BCUT2D eigenvalue weighted by molar-refractivity contribution is 5.40. The third-order valence-corrected chi connectivity index (χ3v) is 2.06. The molecule has 0 bridgehead atoms. The predicted molar refractivity (Wildman–Crippen MR) is 50.4 cm³/mol. The van der Waals surface area contributed by atoms with E-state index in [0.29, 0.717) is 0 Å². The zero-order valence-corrected chi connectivity index (χ0v) is 8.45. The first kappa shape index (κ1) is 12.6. The second-order valence-corrected chi connectivity index (χ2v) is 3.26. The minimum Gasteiger partial charge on any atom is -0.508 e. The van der Waals surface area contributed by atoms with Gasteiger partial charge in [0.1, 0.15) is 11.5 Å². The number of aliphatic hydroxyl groups excluding tert-OH is 1. The van der Waals surface area contributed by atoms with Crippen LogP contribution in [0.3, 0.4) is 0 Å². The van der Waals surface area contributed by atoms with Gasteiger partial charge in [-0.05, 0) is 11.6 Å². The maximum atomic E-state index is 12.1. The number of phenolic OH excluding ortho intramolecular Hbond substituents is 1. The molecule has 1 unspecified atom stereocenters. The third kappa shape index (κ3) is 3.03. The van der Waals surface area contributed by atoms with Crippen molar-refractivity contribution in [1.29, 1.82) is 0 Å². The van der Waals surface area contributed by atoms with E-state index in [9.17, 15) is 13.2 Å². The predicted octanol–water partition coefficient (Wildman–Crippen LogP) is 1.87. The molecule has 1 atom stereocenters. The van der Waals surface area contributed by atoms with E-state index in [1.165, 1.54) is 25.3 Å². The molecule has 90 valence electrons. The van der Waals surface area contributed by atoms with E-state index in [1.807, 2.05) is 0 Å². The summed E-state index contributed by atoms with van der Waals surface area (Å²) in [6.07, 6.45) is -7.71. The lowest BCUT2D eigenvalue weighted by Gasteiger charge is -2.16. The average Bonchev–Trinajstić information content (AvgIpc) is 2.19. The topological polar surface area (TPSA) is 49.7 Å². The van der Waals surface area contributed by atoms with Crippen LogP contribution in [-0.2, 0) is 6.42 Å². The normalized spacial score (nSPS) is 13.6. The van der Waals surface area contributed by atoms with Gasteiger partial charge in [0.25, 0.3) is 0 Å². The summed E-state index contributed by atoms with van der Waals surface area (Å²) in [5.74, 6) is 0.00500. The van der Waals surface area contributed by atoms with Crippen molar-refractivity contribution in [3.05, 3.63) is 23.8 Å². The van der Waals surface area contributed by atoms with Crippen molar-refractivity contribution in [3.8, 4) is 11.5 Å². The van der Waals surface area contributed by atoms with E-state index in [-0.39, 0.29) is 17.1 Å². The van der Waals surface area contributed by atoms with E-state index >= 15 is 0 Å². The Bertz CT molecular complexity index is 363. The Morgan fingerprint density at radius 3 is 2.50 bits per heavy atom. The highest BCUT2D eigenvalue weighted by Crippen LogP contribution is 2.29. The van der Waals surface area contributed by atoms with Crippen LogP contribution >= 0.6 is 0 Å². The zero-order chi connectivity index (χ0) is 12.3. The highest BCUT2D eigenvalue weighted by atomic mass is 19.4. The van der Waals surface area contributed by atoms with Gasteiger partial charge in [0.15, 0.2) is 6.10 Å². The summed E-state index contributed by atoms with van der Waals surface area (Å²) in [5.41, 5.74) is 0.185. The van der Waals surface area contributed by atoms with Crippen molar-refractivity contribution < 1.29 is 28.1 Å². The molecular formula is C10H11F3O3. The molecule has 0 aliphatic rings. The number of ether oxygens (including phenoxy) is 1. The molecule has 0 aliphatic carbocycles. The summed E-state index contributed by atoms with van der Waals surface area (Å²) < 4.78 is 41.1. The van der Waals surface area contributed by atoms with Crippen LogP contribution < -0.4 is 4.74 Å². The summed E-state index contributed by atoms with van der Waals surface area (Å²) in [6.45, 7) is 0. The number of hydrogen-bond acceptors (Lipinski definition) is 3. The standard InChI is InChI=1S/C10H11F3O3/c1-16-8-5-7(14)3-2-6(8)4-9(15)10(11,12)13/h2-3,5,9,14-15H,4H2,1H3. The molecule has 0 aliphatic heterocycles. The second-order valence-electron chi connectivity index (χ2n) is 3.26. The van der Waals surface area contributed by atoms with Gasteiger partial charge in [-0.25, -0.2) is 0 Å². The van der Waals surface area contributed by atoms with Gasteiger partial charge in [-0.15, -0.1) is 0 Å². The number of benzene rings is 1. The van der Waals surface area contributed by atoms with Crippen LogP contribution in [0.4, 0.5) is 13.2 Å². The van der Waals surface area contributed by atoms with Crippen LogP contribution in [0.5, 0.6) is 11.5 Å². The van der Waals surface area contributed by atoms with Crippen molar-refractivity contribution in [2.24, 2.45) is 0 Å². The van der Waals surface area contributed by atoms with Crippen LogP contribution in [0, 0.1) is 0 Å². The maximum absolute atomic E-state index is 12.1. The summed E-state index contributed by atoms with van der Waals surface area (Å²) in [4.78, 5) is 0. The smallest absolute Gasteiger partial charge is 0.414 e. The van der Waals surface area contributed by atoms with Crippen LogP contribution in [-0.4, -0.2) is 29.6 Å². The summed E-state index contributed by atoms with van der Waals surface area (Å²) in [6, 6.07) is 3.71. The van der Waals surface area contributed by atoms with Crippen molar-refractivity contribution in [1.82, 2.24) is 0 Å². The van der Waals surface area contributed by atoms with Crippen LogP contribution in [0.1, 0.15) is 5.56 Å². The molecule has 1 aromatic rings. The van der Waals surface area contributed by atoms with Gasteiger partial charge < -0.3 is 14.9 Å². The van der Waals surface area contributed by atoms with E-state index in [4.69, 9.17) is 14.9 Å². The maximum Gasteiger partial charge on any atom is 0.414 e. The van der Waals surface area contributed by atoms with Crippen LogP contribution in [0.2, 0.25) is 0 Å². The van der Waals surface area contributed by atoms with E-state index < -0.39 is 18.7 Å². The number of methoxy groups -OCH3 is 1. The first-order valence-corrected chi connectivity index (χ1v) is 4.45. The van der Waals surface area contributed by atoms with Crippen molar-refractivity contribution in [2.75, 3.05) is 7.11 Å². The third-order valence-electron chi connectivity index (χ3n) is 2.06. The number of halogens is 3. The molecule has 0 aromatic heterocycles. The fraction of sp³-hybridized carbons (Fsp3) is 0.400. The summed E-state index contributed by atoms with van der Waals surface area (Å²) in [5, 5.41) is 18.0. The van der Waals surface area contributed by atoms with E-state index in [2.05, 4.69) is 0 Å². The molecule has 1 aromatic carbocycles. The van der Waals surface area contributed by atoms with Crippen LogP contribution in [0.25, 0.3) is 0 Å². The molecule has 0 fully saturated rings. The Labute approximate surface area is 90.1 Å². The molecule has 0 saturated carbocycles. The van der Waals surface area contributed by atoms with Gasteiger partial charge in [0.2, 0.25) is 0 Å². The number of alkyl halides is 3. The Balaban J connectivity index is 2.89. The number of phenols is 1. The molecule has 0 heterocycles. The highest BCUT2D eigenvalue weighted by Gasteiger charge is 2.38. The van der Waals surface area contributed by atoms with E-state index in [1.54, 1.807) is 0 Å². The SMILES string of the molecule is COc1cc(O)ccc1CC(O)C(F)(F)F. The molecule has 0 saturated heterocycles. The first-order valence-electron chi connectivity index (χ1n) is 4.45. The Morgan fingerprint density at radius 2 is 2.00 bits per heavy atom. The second kappa shape index (κ2) is 4.61. The average molecular weight is 236 g/mol. The van der Waals surface area contributed by atoms with Crippen LogP contribution in [0.15, 0.2) is 18.2 Å². The van der Waals surface area contributed by atoms with Gasteiger partial charge in [-0.2, -0.15) is 13.2 Å². The monoisotopic (exact) mass is 236 g/mol. The number of rotatable bonds is 3. The lowest BCUT2D eigenvalue weighted by Crippen LogP contribution is -2.30. The van der Waals surface area contributed by atoms with Gasteiger partial charge in [-0.3, -0.25) is 0 Å². The molecular weight excluding hydrogens is 225 g/mol.